The van der Waals surface area contributed by atoms with E-state index >= 15 is 0 Å². The fourth-order valence-corrected chi connectivity index (χ4v) is 2.39. The van der Waals surface area contributed by atoms with Gasteiger partial charge in [-0.3, -0.25) is 4.90 Å². The lowest BCUT2D eigenvalue weighted by atomic mass is 10.1. The number of hydrogen-bond donors (Lipinski definition) is 1. The van der Waals surface area contributed by atoms with E-state index in [1.165, 1.54) is 4.88 Å². The molecule has 2 nitrogen and oxygen atoms in total. The van der Waals surface area contributed by atoms with Crippen molar-refractivity contribution in [2.24, 2.45) is 5.73 Å². The van der Waals surface area contributed by atoms with Crippen molar-refractivity contribution in [2.45, 2.75) is 52.2 Å². The number of nitrogens with zero attached hydrogens (tertiary/aromatic N) is 1. The zero-order valence-electron chi connectivity index (χ0n) is 10.6. The lowest BCUT2D eigenvalue weighted by Crippen LogP contribution is -2.34. The zero-order chi connectivity index (χ0) is 12.0. The minimum absolute atomic E-state index is 0.351. The van der Waals surface area contributed by atoms with E-state index in [4.69, 9.17) is 5.73 Å². The van der Waals surface area contributed by atoms with Gasteiger partial charge in [-0.05, 0) is 38.1 Å². The van der Waals surface area contributed by atoms with Crippen molar-refractivity contribution >= 4 is 11.3 Å². The first kappa shape index (κ1) is 13.7. The maximum atomic E-state index is 5.97. The monoisotopic (exact) mass is 240 g/mol. The smallest absolute Gasteiger partial charge is 0.0330 e. The molecule has 1 heterocycles. The van der Waals surface area contributed by atoms with Gasteiger partial charge in [0.2, 0.25) is 0 Å². The molecule has 0 amide bonds. The van der Waals surface area contributed by atoms with Crippen LogP contribution in [0.1, 0.15) is 38.5 Å². The average Bonchev–Trinajstić information content (AvgIpc) is 2.75. The number of nitrogens with two attached hydrogens (primary N) is 1. The largest absolute Gasteiger partial charge is 0.328 e. The van der Waals surface area contributed by atoms with Crippen LogP contribution in [0.4, 0.5) is 0 Å². The highest BCUT2D eigenvalue weighted by Gasteiger charge is 2.11. The van der Waals surface area contributed by atoms with Crippen LogP contribution < -0.4 is 5.73 Å². The third kappa shape index (κ3) is 4.64. The molecule has 0 spiro atoms. The number of thiophene rings is 1. The molecule has 3 heteroatoms. The Morgan fingerprint density at radius 3 is 2.69 bits per heavy atom. The van der Waals surface area contributed by atoms with Gasteiger partial charge in [-0.2, -0.15) is 0 Å². The van der Waals surface area contributed by atoms with Crippen LogP contribution in [0.15, 0.2) is 17.5 Å². The summed E-state index contributed by atoms with van der Waals surface area (Å²) in [5.74, 6) is 0. The molecule has 1 atom stereocenters. The third-order valence-electron chi connectivity index (χ3n) is 2.98. The standard InChI is InChI=1S/C13H24N2S/c1-4-12(14)7-8-15(11(2)3)10-13-6-5-9-16-13/h5-6,9,11-12H,4,7-8,10,14H2,1-3H3. The normalized spacial score (nSPS) is 13.6. The Balaban J connectivity index is 2.42. The highest BCUT2D eigenvalue weighted by Crippen LogP contribution is 2.14. The first-order valence-corrected chi connectivity index (χ1v) is 7.03. The molecule has 0 radical (unpaired) electrons. The molecule has 0 bridgehead atoms. The van der Waals surface area contributed by atoms with Gasteiger partial charge < -0.3 is 5.73 Å². The predicted molar refractivity (Wildman–Crippen MR) is 72.7 cm³/mol. The van der Waals surface area contributed by atoms with Crippen LogP contribution in [0.5, 0.6) is 0 Å². The minimum Gasteiger partial charge on any atom is -0.328 e. The van der Waals surface area contributed by atoms with Crippen molar-refractivity contribution in [3.05, 3.63) is 22.4 Å². The summed E-state index contributed by atoms with van der Waals surface area (Å²) in [5, 5.41) is 2.14. The number of hydrogen-bond acceptors (Lipinski definition) is 3. The quantitative estimate of drug-likeness (QED) is 0.793. The van der Waals surface area contributed by atoms with Gasteiger partial charge in [0, 0.05) is 30.1 Å². The summed E-state index contributed by atoms with van der Waals surface area (Å²) < 4.78 is 0. The minimum atomic E-state index is 0.351. The van der Waals surface area contributed by atoms with E-state index < -0.39 is 0 Å². The molecule has 0 saturated heterocycles. The first-order chi connectivity index (χ1) is 7.63. The van der Waals surface area contributed by atoms with Crippen molar-refractivity contribution in [2.75, 3.05) is 6.54 Å². The summed E-state index contributed by atoms with van der Waals surface area (Å²) in [6, 6.07) is 5.27. The lowest BCUT2D eigenvalue weighted by molar-refractivity contribution is 0.206. The van der Waals surface area contributed by atoms with Gasteiger partial charge >= 0.3 is 0 Å². The summed E-state index contributed by atoms with van der Waals surface area (Å²) in [7, 11) is 0. The van der Waals surface area contributed by atoms with Gasteiger partial charge in [-0.25, -0.2) is 0 Å². The summed E-state index contributed by atoms with van der Waals surface area (Å²) in [6.45, 7) is 8.83. The predicted octanol–water partition coefficient (Wildman–Crippen LogP) is 3.09. The van der Waals surface area contributed by atoms with E-state index in [2.05, 4.69) is 43.2 Å². The lowest BCUT2D eigenvalue weighted by Gasteiger charge is -2.27. The van der Waals surface area contributed by atoms with Crippen LogP contribution in [0.2, 0.25) is 0 Å². The van der Waals surface area contributed by atoms with E-state index in [-0.39, 0.29) is 0 Å². The number of rotatable bonds is 7. The molecule has 0 saturated carbocycles. The molecule has 1 unspecified atom stereocenters. The summed E-state index contributed by atoms with van der Waals surface area (Å²) >= 11 is 1.84. The van der Waals surface area contributed by atoms with E-state index in [0.29, 0.717) is 12.1 Å². The molecule has 0 fully saturated rings. The maximum Gasteiger partial charge on any atom is 0.0330 e. The van der Waals surface area contributed by atoms with E-state index in [1.807, 2.05) is 11.3 Å². The first-order valence-electron chi connectivity index (χ1n) is 6.15. The Labute approximate surface area is 103 Å². The molecule has 16 heavy (non-hydrogen) atoms. The summed E-state index contributed by atoms with van der Waals surface area (Å²) in [6.07, 6.45) is 2.17. The Bertz CT molecular complexity index is 269. The Morgan fingerprint density at radius 1 is 1.44 bits per heavy atom. The topological polar surface area (TPSA) is 29.3 Å². The van der Waals surface area contributed by atoms with E-state index in [1.54, 1.807) is 0 Å². The summed E-state index contributed by atoms with van der Waals surface area (Å²) in [5.41, 5.74) is 5.97. The second-order valence-electron chi connectivity index (χ2n) is 4.60. The molecular weight excluding hydrogens is 216 g/mol. The molecule has 2 N–H and O–H groups in total. The highest BCUT2D eigenvalue weighted by molar-refractivity contribution is 7.09. The van der Waals surface area contributed by atoms with Crippen molar-refractivity contribution in [1.82, 2.24) is 4.90 Å². The van der Waals surface area contributed by atoms with Crippen molar-refractivity contribution in [3.8, 4) is 0 Å². The van der Waals surface area contributed by atoms with Crippen molar-refractivity contribution in [3.63, 3.8) is 0 Å². The summed E-state index contributed by atoms with van der Waals surface area (Å²) in [4.78, 5) is 3.94. The Morgan fingerprint density at radius 2 is 2.19 bits per heavy atom. The molecule has 1 rings (SSSR count). The van der Waals surface area contributed by atoms with Crippen LogP contribution in [0, 0.1) is 0 Å². The van der Waals surface area contributed by atoms with Crippen LogP contribution in [0.3, 0.4) is 0 Å². The molecule has 1 aromatic rings. The fourth-order valence-electron chi connectivity index (χ4n) is 1.66. The van der Waals surface area contributed by atoms with Gasteiger partial charge in [-0.15, -0.1) is 11.3 Å². The van der Waals surface area contributed by atoms with E-state index in [0.717, 1.165) is 25.9 Å². The van der Waals surface area contributed by atoms with Gasteiger partial charge in [-0.1, -0.05) is 13.0 Å². The highest BCUT2D eigenvalue weighted by atomic mass is 32.1. The van der Waals surface area contributed by atoms with Gasteiger partial charge in [0.05, 0.1) is 0 Å². The van der Waals surface area contributed by atoms with Gasteiger partial charge in [0.1, 0.15) is 0 Å². The molecule has 0 aliphatic rings. The van der Waals surface area contributed by atoms with Crippen LogP contribution in [0.25, 0.3) is 0 Å². The second kappa shape index (κ2) is 7.05. The van der Waals surface area contributed by atoms with Crippen molar-refractivity contribution < 1.29 is 0 Å². The van der Waals surface area contributed by atoms with Crippen LogP contribution in [-0.4, -0.2) is 23.5 Å². The van der Waals surface area contributed by atoms with Gasteiger partial charge in [0.25, 0.3) is 0 Å². The second-order valence-corrected chi connectivity index (χ2v) is 5.63. The Kier molecular flexibility index (Phi) is 6.03. The van der Waals surface area contributed by atoms with Crippen LogP contribution >= 0.6 is 11.3 Å². The molecule has 0 aromatic carbocycles. The molecule has 0 aliphatic carbocycles. The van der Waals surface area contributed by atoms with Crippen molar-refractivity contribution in [1.29, 1.82) is 0 Å². The third-order valence-corrected chi connectivity index (χ3v) is 3.84. The van der Waals surface area contributed by atoms with E-state index in [9.17, 15) is 0 Å². The maximum absolute atomic E-state index is 5.97. The Hall–Kier alpha value is -0.380. The van der Waals surface area contributed by atoms with Crippen LogP contribution in [-0.2, 0) is 6.54 Å². The molecule has 1 aromatic heterocycles. The SMILES string of the molecule is CCC(N)CCN(Cc1cccs1)C(C)C. The fraction of sp³-hybridized carbons (Fsp3) is 0.692. The molecule has 92 valence electrons. The molecular formula is C13H24N2S. The molecule has 0 aliphatic heterocycles. The average molecular weight is 240 g/mol. The van der Waals surface area contributed by atoms with Gasteiger partial charge in [0.15, 0.2) is 0 Å². The zero-order valence-corrected chi connectivity index (χ0v) is 11.5.